The Morgan fingerprint density at radius 3 is 2.38 bits per heavy atom. The van der Waals surface area contributed by atoms with Crippen molar-refractivity contribution in [1.29, 1.82) is 0 Å². The molecule has 0 aliphatic rings. The van der Waals surface area contributed by atoms with E-state index in [0.717, 1.165) is 28.7 Å². The summed E-state index contributed by atoms with van der Waals surface area (Å²) in [5, 5.41) is 29.3. The van der Waals surface area contributed by atoms with Crippen LogP contribution in [0.25, 0.3) is 0 Å². The van der Waals surface area contributed by atoms with Gasteiger partial charge in [0.1, 0.15) is 11.5 Å². The molecule has 45 heavy (non-hydrogen) atoms. The Kier molecular flexibility index (Phi) is 12.3. The van der Waals surface area contributed by atoms with Gasteiger partial charge in [0.05, 0.1) is 11.8 Å². The number of halogens is 1. The van der Waals surface area contributed by atoms with Crippen LogP contribution in [0.15, 0.2) is 60.7 Å². The minimum absolute atomic E-state index is 0.00250. The lowest BCUT2D eigenvalue weighted by atomic mass is 9.93. The van der Waals surface area contributed by atoms with Gasteiger partial charge in [-0.2, -0.15) is 0 Å². The highest BCUT2D eigenvalue weighted by Gasteiger charge is 2.40. The first-order valence-corrected chi connectivity index (χ1v) is 18.6. The summed E-state index contributed by atoms with van der Waals surface area (Å²) in [5.74, 6) is 0.0246. The average molecular weight is 654 g/mol. The molecule has 5 N–H and O–H groups in total. The molecule has 0 radical (unpaired) electrons. The van der Waals surface area contributed by atoms with Crippen molar-refractivity contribution in [3.05, 3.63) is 87.9 Å². The highest BCUT2D eigenvalue weighted by molar-refractivity contribution is 6.74. The van der Waals surface area contributed by atoms with Gasteiger partial charge in [-0.1, -0.05) is 68.8 Å². The molecule has 8 nitrogen and oxygen atoms in total. The number of carbonyl (C=O) groups is 2. The summed E-state index contributed by atoms with van der Waals surface area (Å²) < 4.78 is 6.86. The number of aromatic hydroxyl groups is 2. The number of carbonyl (C=O) groups excluding carboxylic acids is 2. The number of aryl methyl sites for hydroxylation is 1. The van der Waals surface area contributed by atoms with Crippen LogP contribution in [0.1, 0.15) is 69.4 Å². The zero-order valence-corrected chi connectivity index (χ0v) is 29.2. The third kappa shape index (κ3) is 10.9. The van der Waals surface area contributed by atoms with Crippen molar-refractivity contribution in [3.63, 3.8) is 0 Å². The van der Waals surface area contributed by atoms with Gasteiger partial charge in [-0.05, 0) is 91.3 Å². The maximum atomic E-state index is 12.5. The number of nitrogens with one attached hydrogen (secondary N) is 3. The van der Waals surface area contributed by atoms with E-state index in [2.05, 4.69) is 75.8 Å². The number of hydrogen-bond acceptors (Lipinski definition) is 6. The van der Waals surface area contributed by atoms with Crippen LogP contribution in [-0.4, -0.2) is 42.9 Å². The number of phenolic OH excluding ortho intramolecular Hbond substituents is 2. The van der Waals surface area contributed by atoms with Crippen LogP contribution in [0.3, 0.4) is 0 Å². The van der Waals surface area contributed by atoms with E-state index in [0.29, 0.717) is 43.1 Å². The van der Waals surface area contributed by atoms with E-state index >= 15 is 0 Å². The number of anilines is 1. The lowest BCUT2D eigenvalue weighted by molar-refractivity contribution is -0.121. The van der Waals surface area contributed by atoms with Crippen molar-refractivity contribution in [2.75, 3.05) is 11.9 Å². The molecule has 0 aliphatic carbocycles. The lowest BCUT2D eigenvalue weighted by Crippen LogP contribution is -2.47. The Hall–Kier alpha value is -3.37. The number of amides is 2. The molecule has 0 bridgehead atoms. The summed E-state index contributed by atoms with van der Waals surface area (Å²) in [6.07, 6.45) is 1.97. The summed E-state index contributed by atoms with van der Waals surface area (Å²) in [4.78, 5) is 23.6. The summed E-state index contributed by atoms with van der Waals surface area (Å²) in [6.45, 7) is 16.2. The fourth-order valence-corrected chi connectivity index (χ4v) is 6.28. The molecule has 244 valence electrons. The number of rotatable bonds is 15. The smallest absolute Gasteiger partial charge is 0.220 e. The Bertz CT molecular complexity index is 1470. The van der Waals surface area contributed by atoms with Crippen LogP contribution in [0.4, 0.5) is 5.69 Å². The monoisotopic (exact) mass is 653 g/mol. The quantitative estimate of drug-likeness (QED) is 0.0670. The minimum Gasteiger partial charge on any atom is -0.508 e. The Morgan fingerprint density at radius 1 is 1.00 bits per heavy atom. The molecule has 0 fully saturated rings. The van der Waals surface area contributed by atoms with Crippen molar-refractivity contribution in [2.24, 2.45) is 0 Å². The van der Waals surface area contributed by atoms with E-state index in [9.17, 15) is 19.8 Å². The molecule has 3 rings (SSSR count). The molecular formula is C35H48ClN3O5Si. The molecule has 0 unspecified atom stereocenters. The van der Waals surface area contributed by atoms with Crippen molar-refractivity contribution >= 4 is 37.9 Å². The molecule has 0 saturated carbocycles. The van der Waals surface area contributed by atoms with Crippen LogP contribution in [0.5, 0.6) is 11.5 Å². The standard InChI is InChI=1S/C35H48ClN3O5Si/c1-34(2,3)45(6,7)44-32(26-13-15-31(42)30(18-26)38-23-40)22-39-35(4,5)20-25-10-8-9-24(17-25)11-16-33(43)37-21-27-12-14-28(41)19-29(27)36/h8-10,12-15,17-19,23,32,39,41-42H,11,16,20-22H2,1-7H3,(H,37,43)(H,38,40)/t32-/m0/s1. The van der Waals surface area contributed by atoms with E-state index in [1.54, 1.807) is 24.3 Å². The van der Waals surface area contributed by atoms with Crippen LogP contribution in [0.2, 0.25) is 23.2 Å². The predicted molar refractivity (Wildman–Crippen MR) is 184 cm³/mol. The highest BCUT2D eigenvalue weighted by Crippen LogP contribution is 2.40. The van der Waals surface area contributed by atoms with Gasteiger partial charge >= 0.3 is 0 Å². The molecule has 3 aromatic rings. The van der Waals surface area contributed by atoms with Crippen LogP contribution in [-0.2, 0) is 33.4 Å². The molecule has 0 saturated heterocycles. The van der Waals surface area contributed by atoms with E-state index < -0.39 is 8.32 Å². The van der Waals surface area contributed by atoms with E-state index in [1.165, 1.54) is 6.07 Å². The zero-order chi connectivity index (χ0) is 33.4. The fourth-order valence-electron chi connectivity index (χ4n) is 4.75. The second-order valence-corrected chi connectivity index (χ2v) is 18.9. The first-order valence-electron chi connectivity index (χ1n) is 15.3. The highest BCUT2D eigenvalue weighted by atomic mass is 35.5. The molecule has 2 amide bonds. The summed E-state index contributed by atoms with van der Waals surface area (Å²) in [6, 6.07) is 18.2. The van der Waals surface area contributed by atoms with Gasteiger partial charge in [-0.3, -0.25) is 9.59 Å². The maximum Gasteiger partial charge on any atom is 0.220 e. The first kappa shape index (κ1) is 36.1. The van der Waals surface area contributed by atoms with Crippen molar-refractivity contribution < 1.29 is 24.2 Å². The van der Waals surface area contributed by atoms with Crippen molar-refractivity contribution in [3.8, 4) is 11.5 Å². The van der Waals surface area contributed by atoms with Gasteiger partial charge in [-0.25, -0.2) is 0 Å². The third-order valence-electron chi connectivity index (χ3n) is 8.41. The molecular weight excluding hydrogens is 606 g/mol. The van der Waals surface area contributed by atoms with Crippen LogP contribution >= 0.6 is 11.6 Å². The van der Waals surface area contributed by atoms with Crippen LogP contribution in [0, 0.1) is 0 Å². The minimum atomic E-state index is -2.17. The Balaban J connectivity index is 1.65. The van der Waals surface area contributed by atoms with Crippen molar-refractivity contribution in [1.82, 2.24) is 10.6 Å². The Labute approximate surface area is 273 Å². The van der Waals surface area contributed by atoms with Crippen molar-refractivity contribution in [2.45, 2.75) is 90.2 Å². The summed E-state index contributed by atoms with van der Waals surface area (Å²) in [5.41, 5.74) is 3.93. The molecule has 1 atom stereocenters. The zero-order valence-electron chi connectivity index (χ0n) is 27.5. The number of benzene rings is 3. The largest absolute Gasteiger partial charge is 0.508 e. The molecule has 0 aliphatic heterocycles. The second kappa shape index (κ2) is 15.3. The normalized spacial score (nSPS) is 12.9. The van der Waals surface area contributed by atoms with Gasteiger partial charge in [0.25, 0.3) is 0 Å². The topological polar surface area (TPSA) is 120 Å². The molecule has 0 spiro atoms. The van der Waals surface area contributed by atoms with Gasteiger partial charge in [0, 0.05) is 30.1 Å². The SMILES string of the molecule is CC(C)(Cc1cccc(CCC(=O)NCc2ccc(O)cc2Cl)c1)NC[C@H](O[Si](C)(C)C(C)(C)C)c1ccc(O)c(NC=O)c1. The Morgan fingerprint density at radius 2 is 1.71 bits per heavy atom. The summed E-state index contributed by atoms with van der Waals surface area (Å²) >= 11 is 6.15. The first-order chi connectivity index (χ1) is 21.0. The molecule has 3 aromatic carbocycles. The van der Waals surface area contributed by atoms with Gasteiger partial charge in [-0.15, -0.1) is 0 Å². The molecule has 0 heterocycles. The second-order valence-electron chi connectivity index (χ2n) is 13.7. The average Bonchev–Trinajstić information content (AvgIpc) is 2.94. The number of hydrogen-bond donors (Lipinski definition) is 5. The van der Waals surface area contributed by atoms with Gasteiger partial charge in [0.2, 0.25) is 12.3 Å². The third-order valence-corrected chi connectivity index (χ3v) is 13.2. The van der Waals surface area contributed by atoms with E-state index in [-0.39, 0.29) is 34.1 Å². The van der Waals surface area contributed by atoms with E-state index in [4.69, 9.17) is 16.0 Å². The number of phenols is 2. The maximum absolute atomic E-state index is 12.5. The van der Waals surface area contributed by atoms with E-state index in [1.807, 2.05) is 18.2 Å². The molecule has 10 heteroatoms. The lowest BCUT2D eigenvalue weighted by Gasteiger charge is -2.40. The summed E-state index contributed by atoms with van der Waals surface area (Å²) in [7, 11) is -2.17. The van der Waals surface area contributed by atoms with Gasteiger partial charge in [0.15, 0.2) is 8.32 Å². The fraction of sp³-hybridized carbons (Fsp3) is 0.429. The molecule has 0 aromatic heterocycles. The van der Waals surface area contributed by atoms with Gasteiger partial charge < -0.3 is 30.6 Å². The predicted octanol–water partition coefficient (Wildman–Crippen LogP) is 7.24. The van der Waals surface area contributed by atoms with Crippen LogP contribution < -0.4 is 16.0 Å².